The highest BCUT2D eigenvalue weighted by molar-refractivity contribution is 8.13. The fraction of sp³-hybridized carbons (Fsp3) is 0.614. The summed E-state index contributed by atoms with van der Waals surface area (Å²) in [5.74, 6) is 0.124. The summed E-state index contributed by atoms with van der Waals surface area (Å²) in [5, 5.41) is 2.99. The molecule has 0 spiro atoms. The fourth-order valence-electron chi connectivity index (χ4n) is 8.94. The van der Waals surface area contributed by atoms with E-state index in [4.69, 9.17) is 9.05 Å². The van der Waals surface area contributed by atoms with Crippen molar-refractivity contribution in [2.24, 2.45) is 23.7 Å². The number of alkyl halides is 2. The number of fused-ring (bicyclic) bond motifs is 3. The van der Waals surface area contributed by atoms with E-state index in [2.05, 4.69) is 15.3 Å². The van der Waals surface area contributed by atoms with Gasteiger partial charge in [-0.25, -0.2) is 9.97 Å². The van der Waals surface area contributed by atoms with Crippen molar-refractivity contribution in [1.29, 1.82) is 0 Å². The van der Waals surface area contributed by atoms with Crippen molar-refractivity contribution in [2.45, 2.75) is 109 Å². The first kappa shape index (κ1) is 47.7. The maximum atomic E-state index is 16.5. The van der Waals surface area contributed by atoms with Crippen LogP contribution >= 0.6 is 42.5 Å². The number of likely N-dealkylation sites (tertiary alicyclic amines) is 1. The molecular formula is C44H56F2N5O8PS3. The van der Waals surface area contributed by atoms with Gasteiger partial charge in [-0.1, -0.05) is 57.3 Å². The number of thioether (sulfide) groups is 2. The maximum absolute atomic E-state index is 16.5. The highest BCUT2D eigenvalue weighted by Crippen LogP contribution is 2.67. The molecule has 0 bridgehead atoms. The quantitative estimate of drug-likeness (QED) is 0.0957. The number of thiophene rings is 1. The van der Waals surface area contributed by atoms with E-state index in [9.17, 15) is 28.5 Å². The second-order valence-corrected chi connectivity index (χ2v) is 23.4. The lowest BCUT2D eigenvalue weighted by atomic mass is 9.67. The summed E-state index contributed by atoms with van der Waals surface area (Å²) in [5.41, 5.74) is -3.82. The molecule has 63 heavy (non-hydrogen) atoms. The molecule has 19 heteroatoms. The Kier molecular flexibility index (Phi) is 15.5. The number of halogens is 2. The third-order valence-electron chi connectivity index (χ3n) is 12.4. The lowest BCUT2D eigenvalue weighted by molar-refractivity contribution is -0.151. The Bertz CT molecular complexity index is 2180. The highest BCUT2D eigenvalue weighted by Gasteiger charge is 2.55. The van der Waals surface area contributed by atoms with E-state index in [1.165, 1.54) is 18.5 Å². The first-order valence-electron chi connectivity index (χ1n) is 21.8. The molecule has 0 radical (unpaired) electrons. The maximum Gasteiger partial charge on any atom is 0.404 e. The number of nitrogens with zero attached hydrogens (tertiary/aromatic N) is 4. The molecule has 3 amide bonds. The van der Waals surface area contributed by atoms with E-state index < -0.39 is 50.0 Å². The van der Waals surface area contributed by atoms with Crippen LogP contribution in [0.25, 0.3) is 10.1 Å². The van der Waals surface area contributed by atoms with Gasteiger partial charge >= 0.3 is 13.3 Å². The summed E-state index contributed by atoms with van der Waals surface area (Å²) in [7, 11) is -5.23. The number of carbonyl (C=O) groups excluding carboxylic acids is 5. The Morgan fingerprint density at radius 3 is 2.13 bits per heavy atom. The SMILES string of the molecule is CC(C)CC(=O)SCCOP(=O)(OCCSC(=O)CC(C)C)C(F)(F)c1ccc2sc(C(=O)N[C@H]3C[C@H]4CC[C@H]4C[C@H]4CC[C@@H](C(=O)N5CC(c6cncnc6)C5)N4C3=O)cc2c1. The lowest BCUT2D eigenvalue weighted by Gasteiger charge is -2.47. The van der Waals surface area contributed by atoms with Gasteiger partial charge in [0.1, 0.15) is 18.4 Å². The van der Waals surface area contributed by atoms with E-state index in [-0.39, 0.29) is 68.1 Å². The molecule has 3 aliphatic heterocycles. The van der Waals surface area contributed by atoms with Crippen LogP contribution in [-0.2, 0) is 38.5 Å². The molecule has 13 nitrogen and oxygen atoms in total. The van der Waals surface area contributed by atoms with Gasteiger partial charge < -0.3 is 24.2 Å². The van der Waals surface area contributed by atoms with Gasteiger partial charge in [-0.15, -0.1) is 11.3 Å². The van der Waals surface area contributed by atoms with Crippen LogP contribution in [0.15, 0.2) is 43.0 Å². The van der Waals surface area contributed by atoms with Crippen LogP contribution in [0, 0.1) is 23.7 Å². The van der Waals surface area contributed by atoms with Crippen molar-refractivity contribution in [3.05, 3.63) is 59.0 Å². The van der Waals surface area contributed by atoms with Crippen LogP contribution in [0.1, 0.15) is 106 Å². The van der Waals surface area contributed by atoms with Gasteiger partial charge in [0.25, 0.3) is 5.91 Å². The van der Waals surface area contributed by atoms with Crippen molar-refractivity contribution >= 4 is 80.5 Å². The minimum Gasteiger partial charge on any atom is -0.340 e. The molecule has 1 saturated carbocycles. The van der Waals surface area contributed by atoms with Crippen LogP contribution < -0.4 is 5.32 Å². The molecule has 342 valence electrons. The molecule has 2 aromatic heterocycles. The molecule has 3 saturated heterocycles. The van der Waals surface area contributed by atoms with E-state index in [1.54, 1.807) is 22.2 Å². The molecule has 5 heterocycles. The third kappa shape index (κ3) is 11.1. The molecule has 1 aromatic carbocycles. The third-order valence-corrected chi connectivity index (χ3v) is 17.2. The van der Waals surface area contributed by atoms with Gasteiger partial charge in [-0.3, -0.25) is 28.5 Å². The van der Waals surface area contributed by atoms with E-state index in [0.717, 1.165) is 78.2 Å². The number of amides is 3. The molecule has 4 fully saturated rings. The summed E-state index contributed by atoms with van der Waals surface area (Å²) < 4.78 is 58.2. The molecule has 1 N–H and O–H groups in total. The van der Waals surface area contributed by atoms with E-state index in [0.29, 0.717) is 54.8 Å². The van der Waals surface area contributed by atoms with Crippen LogP contribution in [0.3, 0.4) is 0 Å². The molecule has 0 unspecified atom stereocenters. The monoisotopic (exact) mass is 947 g/mol. The number of hydrogen-bond donors (Lipinski definition) is 1. The second kappa shape index (κ2) is 20.5. The minimum absolute atomic E-state index is 0.0112. The summed E-state index contributed by atoms with van der Waals surface area (Å²) in [6.07, 6.45) is 10.1. The number of carbonyl (C=O) groups is 5. The molecular weight excluding hydrogens is 892 g/mol. The first-order valence-corrected chi connectivity index (χ1v) is 26.1. The van der Waals surface area contributed by atoms with E-state index >= 15 is 8.78 Å². The highest BCUT2D eigenvalue weighted by atomic mass is 32.2. The van der Waals surface area contributed by atoms with Crippen LogP contribution in [0.4, 0.5) is 8.78 Å². The molecule has 5 atom stereocenters. The van der Waals surface area contributed by atoms with Gasteiger partial charge in [0.05, 0.1) is 18.1 Å². The largest absolute Gasteiger partial charge is 0.404 e. The Labute approximate surface area is 379 Å². The Balaban J connectivity index is 1.04. The molecule has 7 rings (SSSR count). The number of aromatic nitrogens is 2. The Morgan fingerprint density at radius 1 is 0.905 bits per heavy atom. The van der Waals surface area contributed by atoms with Crippen LogP contribution in [0.2, 0.25) is 0 Å². The number of hydrogen-bond acceptors (Lipinski definition) is 13. The minimum atomic E-state index is -5.23. The predicted molar refractivity (Wildman–Crippen MR) is 241 cm³/mol. The Hall–Kier alpha value is -3.28. The van der Waals surface area contributed by atoms with Crippen molar-refractivity contribution in [3.63, 3.8) is 0 Å². The zero-order chi connectivity index (χ0) is 45.1. The topological polar surface area (TPSA) is 165 Å². The lowest BCUT2D eigenvalue weighted by Crippen LogP contribution is -2.61. The molecule has 1 aliphatic carbocycles. The van der Waals surface area contributed by atoms with Gasteiger partial charge in [0.2, 0.25) is 11.8 Å². The van der Waals surface area contributed by atoms with Crippen molar-refractivity contribution < 1.29 is 46.4 Å². The first-order chi connectivity index (χ1) is 30.0. The zero-order valence-corrected chi connectivity index (χ0v) is 39.4. The molecule has 4 aliphatic rings. The summed E-state index contributed by atoms with van der Waals surface area (Å²) in [6, 6.07) is 3.59. The van der Waals surface area contributed by atoms with Crippen LogP contribution in [0.5, 0.6) is 0 Å². The van der Waals surface area contributed by atoms with Crippen molar-refractivity contribution in [1.82, 2.24) is 25.1 Å². The van der Waals surface area contributed by atoms with Gasteiger partial charge in [0, 0.05) is 72.1 Å². The predicted octanol–water partition coefficient (Wildman–Crippen LogP) is 8.48. The number of benzene rings is 1. The smallest absolute Gasteiger partial charge is 0.340 e. The van der Waals surface area contributed by atoms with Gasteiger partial charge in [0.15, 0.2) is 10.2 Å². The van der Waals surface area contributed by atoms with Crippen molar-refractivity contribution in [3.8, 4) is 0 Å². The van der Waals surface area contributed by atoms with Gasteiger partial charge in [-0.05, 0) is 91.3 Å². The standard InChI is InChI=1S/C44H56F2N5O8PS3/c1-26(2)15-39(52)61-13-11-58-60(57,59-12-14-62-40(53)16-27(3)4)44(45,46)33-7-10-37-30(17-33)20-38(63-37)41(54)49-35-19-29-6-5-28(29)18-34-8-9-36(51(34)42(35)55)43(56)50-23-32(24-50)31-21-47-25-48-22-31/h7,10,17,20-22,25-29,32,34-36H,5-6,8-9,11-16,18-19,23-24H2,1-4H3,(H,49,54)/t28-,29+,34+,35-,36-/m0/s1. The normalized spacial score (nSPS) is 22.9. The average Bonchev–Trinajstić information content (AvgIpc) is 3.84. The fourth-order valence-corrected chi connectivity index (χ4v) is 13.3. The van der Waals surface area contributed by atoms with Crippen molar-refractivity contribution in [2.75, 3.05) is 37.8 Å². The average molecular weight is 948 g/mol. The molecule has 3 aromatic rings. The van der Waals surface area contributed by atoms with E-state index in [1.807, 2.05) is 27.7 Å². The summed E-state index contributed by atoms with van der Waals surface area (Å²) in [6.45, 7) is 7.72. The zero-order valence-electron chi connectivity index (χ0n) is 36.0. The number of rotatable bonds is 18. The number of nitrogens with one attached hydrogen (secondary N) is 1. The van der Waals surface area contributed by atoms with Crippen LogP contribution in [-0.4, -0.2) is 104 Å². The summed E-state index contributed by atoms with van der Waals surface area (Å²) >= 11 is 2.90. The van der Waals surface area contributed by atoms with Gasteiger partial charge in [-0.2, -0.15) is 8.78 Å². The Morgan fingerprint density at radius 2 is 1.52 bits per heavy atom. The second-order valence-electron chi connectivity index (χ2n) is 17.9. The summed E-state index contributed by atoms with van der Waals surface area (Å²) in [4.78, 5) is 78.8.